The summed E-state index contributed by atoms with van der Waals surface area (Å²) in [5.74, 6) is 0.584. The van der Waals surface area contributed by atoms with E-state index in [1.807, 2.05) is 13.3 Å². The van der Waals surface area contributed by atoms with Crippen molar-refractivity contribution < 1.29 is 4.79 Å². The molecule has 1 spiro atoms. The highest BCUT2D eigenvalue weighted by atomic mass is 16.2. The molecule has 1 aromatic rings. The summed E-state index contributed by atoms with van der Waals surface area (Å²) in [4.78, 5) is 16.2. The number of nitrogens with zero attached hydrogens (tertiary/aromatic N) is 2. The van der Waals surface area contributed by atoms with Crippen LogP contribution in [0.4, 0.5) is 0 Å². The molecule has 0 aromatic carbocycles. The van der Waals surface area contributed by atoms with Crippen molar-refractivity contribution in [2.45, 2.75) is 46.1 Å². The van der Waals surface area contributed by atoms with E-state index in [0.29, 0.717) is 17.9 Å². The molecule has 1 N–H and O–H groups in total. The summed E-state index contributed by atoms with van der Waals surface area (Å²) < 4.78 is 2.10. The van der Waals surface area contributed by atoms with E-state index in [4.69, 9.17) is 0 Å². The Morgan fingerprint density at radius 1 is 1.56 bits per heavy atom. The zero-order chi connectivity index (χ0) is 12.8. The van der Waals surface area contributed by atoms with Crippen LogP contribution in [0.2, 0.25) is 0 Å². The lowest BCUT2D eigenvalue weighted by molar-refractivity contribution is -0.123. The van der Waals surface area contributed by atoms with Crippen molar-refractivity contribution in [1.82, 2.24) is 14.9 Å². The van der Waals surface area contributed by atoms with Gasteiger partial charge in [-0.25, -0.2) is 4.98 Å². The summed E-state index contributed by atoms with van der Waals surface area (Å²) in [6.07, 6.45) is 6.83. The third-order valence-corrected chi connectivity index (χ3v) is 4.85. The highest BCUT2D eigenvalue weighted by molar-refractivity contribution is 5.82. The number of nitrogens with one attached hydrogen (secondary N) is 1. The zero-order valence-corrected chi connectivity index (χ0v) is 11.2. The topological polar surface area (TPSA) is 46.9 Å². The number of hydrogen-bond acceptors (Lipinski definition) is 2. The van der Waals surface area contributed by atoms with Crippen molar-refractivity contribution in [1.29, 1.82) is 0 Å². The molecule has 2 fully saturated rings. The van der Waals surface area contributed by atoms with Crippen LogP contribution in [-0.2, 0) is 11.3 Å². The van der Waals surface area contributed by atoms with E-state index >= 15 is 0 Å². The molecule has 1 atom stereocenters. The van der Waals surface area contributed by atoms with Crippen LogP contribution in [0.1, 0.15) is 37.1 Å². The van der Waals surface area contributed by atoms with Crippen molar-refractivity contribution >= 4 is 5.91 Å². The van der Waals surface area contributed by atoms with Gasteiger partial charge in [-0.15, -0.1) is 0 Å². The summed E-state index contributed by atoms with van der Waals surface area (Å²) in [5.41, 5.74) is 2.69. The van der Waals surface area contributed by atoms with Gasteiger partial charge in [-0.1, -0.05) is 6.42 Å². The van der Waals surface area contributed by atoms with Crippen LogP contribution in [0.5, 0.6) is 0 Å². The van der Waals surface area contributed by atoms with Crippen molar-refractivity contribution in [3.8, 4) is 0 Å². The molecule has 2 aliphatic rings. The van der Waals surface area contributed by atoms with Crippen molar-refractivity contribution in [3.63, 3.8) is 0 Å². The van der Waals surface area contributed by atoms with Crippen molar-refractivity contribution in [2.75, 3.05) is 6.54 Å². The first-order valence-corrected chi connectivity index (χ1v) is 6.88. The standard InChI is InChI=1S/C14H21N3O/c1-10-11(2)17(9-16-10)7-6-15-13(18)12-8-14(12)4-3-5-14/h9,12H,3-8H2,1-2H3,(H,15,18)/t12-/m1/s1. The van der Waals surface area contributed by atoms with Crippen LogP contribution < -0.4 is 5.32 Å². The van der Waals surface area contributed by atoms with E-state index in [2.05, 4.69) is 21.8 Å². The summed E-state index contributed by atoms with van der Waals surface area (Å²) >= 11 is 0. The average molecular weight is 247 g/mol. The van der Waals surface area contributed by atoms with Crippen LogP contribution >= 0.6 is 0 Å². The molecule has 2 saturated carbocycles. The molecular formula is C14H21N3O. The highest BCUT2D eigenvalue weighted by Crippen LogP contribution is 2.65. The number of hydrogen-bond donors (Lipinski definition) is 1. The van der Waals surface area contributed by atoms with Crippen LogP contribution in [-0.4, -0.2) is 22.0 Å². The lowest BCUT2D eigenvalue weighted by atomic mass is 9.80. The normalized spacial score (nSPS) is 23.8. The Bertz CT molecular complexity index is 473. The first-order chi connectivity index (χ1) is 8.62. The first-order valence-electron chi connectivity index (χ1n) is 6.88. The molecule has 1 amide bonds. The van der Waals surface area contributed by atoms with Crippen molar-refractivity contribution in [2.24, 2.45) is 11.3 Å². The maximum absolute atomic E-state index is 12.0. The molecule has 0 radical (unpaired) electrons. The summed E-state index contributed by atoms with van der Waals surface area (Å²) in [7, 11) is 0. The van der Waals surface area contributed by atoms with Gasteiger partial charge in [0.15, 0.2) is 0 Å². The summed E-state index contributed by atoms with van der Waals surface area (Å²) in [6.45, 7) is 5.60. The smallest absolute Gasteiger partial charge is 0.223 e. The largest absolute Gasteiger partial charge is 0.354 e. The highest BCUT2D eigenvalue weighted by Gasteiger charge is 2.60. The molecule has 2 aliphatic carbocycles. The Labute approximate surface area is 108 Å². The van der Waals surface area contributed by atoms with E-state index in [9.17, 15) is 4.79 Å². The van der Waals surface area contributed by atoms with Gasteiger partial charge in [0, 0.05) is 24.7 Å². The summed E-state index contributed by atoms with van der Waals surface area (Å²) in [5, 5.41) is 3.07. The minimum absolute atomic E-state index is 0.268. The molecule has 0 bridgehead atoms. The molecule has 0 aliphatic heterocycles. The second-order valence-corrected chi connectivity index (χ2v) is 5.87. The van der Waals surface area contributed by atoms with Crippen LogP contribution in [0, 0.1) is 25.2 Å². The predicted octanol–water partition coefficient (Wildman–Crippen LogP) is 1.81. The van der Waals surface area contributed by atoms with Gasteiger partial charge in [-0.2, -0.15) is 0 Å². The molecule has 98 valence electrons. The second-order valence-electron chi connectivity index (χ2n) is 5.87. The third-order valence-electron chi connectivity index (χ3n) is 4.85. The van der Waals surface area contributed by atoms with E-state index < -0.39 is 0 Å². The van der Waals surface area contributed by atoms with Crippen LogP contribution in [0.3, 0.4) is 0 Å². The molecular weight excluding hydrogens is 226 g/mol. The summed E-state index contributed by atoms with van der Waals surface area (Å²) in [6, 6.07) is 0. The number of rotatable bonds is 4. The zero-order valence-electron chi connectivity index (χ0n) is 11.2. The van der Waals surface area contributed by atoms with Crippen molar-refractivity contribution in [3.05, 3.63) is 17.7 Å². The van der Waals surface area contributed by atoms with Crippen LogP contribution in [0.25, 0.3) is 0 Å². The van der Waals surface area contributed by atoms with Gasteiger partial charge in [0.05, 0.1) is 12.0 Å². The van der Waals surface area contributed by atoms with Gasteiger partial charge in [0.25, 0.3) is 0 Å². The maximum atomic E-state index is 12.0. The van der Waals surface area contributed by atoms with E-state index in [-0.39, 0.29) is 5.91 Å². The maximum Gasteiger partial charge on any atom is 0.223 e. The Balaban J connectivity index is 1.45. The van der Waals surface area contributed by atoms with E-state index in [1.165, 1.54) is 25.0 Å². The average Bonchev–Trinajstić information content (AvgIpc) is 3.01. The number of aromatic nitrogens is 2. The number of aryl methyl sites for hydroxylation is 1. The first kappa shape index (κ1) is 11.8. The molecule has 4 heteroatoms. The fourth-order valence-corrected chi connectivity index (χ4v) is 3.09. The molecule has 4 nitrogen and oxygen atoms in total. The molecule has 1 heterocycles. The lowest BCUT2D eigenvalue weighted by Gasteiger charge is -2.26. The monoisotopic (exact) mass is 247 g/mol. The molecule has 0 saturated heterocycles. The number of carbonyl (C=O) groups is 1. The predicted molar refractivity (Wildman–Crippen MR) is 69.1 cm³/mol. The van der Waals surface area contributed by atoms with Gasteiger partial charge in [0.2, 0.25) is 5.91 Å². The Kier molecular flexibility index (Phi) is 2.68. The Morgan fingerprint density at radius 2 is 2.33 bits per heavy atom. The minimum atomic E-state index is 0.268. The minimum Gasteiger partial charge on any atom is -0.354 e. The van der Waals surface area contributed by atoms with Gasteiger partial charge < -0.3 is 9.88 Å². The van der Waals surface area contributed by atoms with Crippen LogP contribution in [0.15, 0.2) is 6.33 Å². The van der Waals surface area contributed by atoms with E-state index in [0.717, 1.165) is 18.7 Å². The van der Waals surface area contributed by atoms with Gasteiger partial charge >= 0.3 is 0 Å². The third kappa shape index (κ3) is 1.84. The number of carbonyl (C=O) groups excluding carboxylic acids is 1. The molecule has 0 unspecified atom stereocenters. The quantitative estimate of drug-likeness (QED) is 0.882. The van der Waals surface area contributed by atoms with Gasteiger partial charge in [0.1, 0.15) is 0 Å². The van der Waals surface area contributed by atoms with Gasteiger partial charge in [-0.3, -0.25) is 4.79 Å². The SMILES string of the molecule is Cc1ncn(CCNC(=O)[C@H]2CC23CCC3)c1C. The molecule has 1 aromatic heterocycles. The Morgan fingerprint density at radius 3 is 2.83 bits per heavy atom. The lowest BCUT2D eigenvalue weighted by Crippen LogP contribution is -2.31. The molecule has 18 heavy (non-hydrogen) atoms. The fourth-order valence-electron chi connectivity index (χ4n) is 3.09. The van der Waals surface area contributed by atoms with E-state index in [1.54, 1.807) is 0 Å². The fraction of sp³-hybridized carbons (Fsp3) is 0.714. The van der Waals surface area contributed by atoms with Gasteiger partial charge in [-0.05, 0) is 38.5 Å². The number of imidazole rings is 1. The number of amides is 1. The molecule has 3 rings (SSSR count). The second kappa shape index (κ2) is 4.11. The Hall–Kier alpha value is -1.32.